The molecule has 2 rings (SSSR count). The first-order valence-electron chi connectivity index (χ1n) is 3.62. The Balaban J connectivity index is 2.45. The predicted molar refractivity (Wildman–Crippen MR) is 37.5 cm³/mol. The summed E-state index contributed by atoms with van der Waals surface area (Å²) in [6, 6.07) is 1.26. The fourth-order valence-corrected chi connectivity index (χ4v) is 1.42. The standard InChI is InChI=1S/C7H6F2N2O2/c8-7(9)3-6(7,5(12)13)4-1-2-10-11-4/h1-2H,3H2,(H,10,11)(H,12,13). The third kappa shape index (κ3) is 0.824. The van der Waals surface area contributed by atoms with E-state index >= 15 is 0 Å². The normalized spacial score (nSPS) is 30.0. The summed E-state index contributed by atoms with van der Waals surface area (Å²) in [5.41, 5.74) is -2.10. The Bertz CT molecular complexity index is 349. The van der Waals surface area contributed by atoms with Crippen LogP contribution in [0.4, 0.5) is 8.78 Å². The number of aliphatic carboxylic acids is 1. The Morgan fingerprint density at radius 1 is 1.69 bits per heavy atom. The minimum Gasteiger partial charge on any atom is -0.480 e. The van der Waals surface area contributed by atoms with E-state index in [4.69, 9.17) is 5.11 Å². The van der Waals surface area contributed by atoms with Crippen LogP contribution in [0.3, 0.4) is 0 Å². The molecule has 70 valence electrons. The highest BCUT2D eigenvalue weighted by Crippen LogP contribution is 2.61. The van der Waals surface area contributed by atoms with Crippen LogP contribution in [0.2, 0.25) is 0 Å². The maximum Gasteiger partial charge on any atom is 0.322 e. The predicted octanol–water partition coefficient (Wildman–Crippen LogP) is 0.771. The van der Waals surface area contributed by atoms with E-state index in [1.165, 1.54) is 12.3 Å². The summed E-state index contributed by atoms with van der Waals surface area (Å²) in [6.45, 7) is 0. The molecule has 1 atom stereocenters. The molecule has 0 spiro atoms. The van der Waals surface area contributed by atoms with Gasteiger partial charge in [0.15, 0.2) is 5.41 Å². The van der Waals surface area contributed by atoms with E-state index in [-0.39, 0.29) is 5.69 Å². The van der Waals surface area contributed by atoms with Gasteiger partial charge >= 0.3 is 5.97 Å². The van der Waals surface area contributed by atoms with Gasteiger partial charge in [0.25, 0.3) is 5.92 Å². The first-order valence-corrected chi connectivity index (χ1v) is 3.62. The van der Waals surface area contributed by atoms with E-state index in [1.807, 2.05) is 0 Å². The van der Waals surface area contributed by atoms with Gasteiger partial charge in [0.05, 0.1) is 5.69 Å². The summed E-state index contributed by atoms with van der Waals surface area (Å²) in [5.74, 6) is -4.67. The van der Waals surface area contributed by atoms with Crippen molar-refractivity contribution in [3.05, 3.63) is 18.0 Å². The van der Waals surface area contributed by atoms with E-state index in [2.05, 4.69) is 10.2 Å². The molecule has 0 saturated heterocycles. The summed E-state index contributed by atoms with van der Waals surface area (Å²) in [5, 5.41) is 14.4. The molecule has 0 amide bonds. The van der Waals surface area contributed by atoms with Crippen LogP contribution >= 0.6 is 0 Å². The minimum absolute atomic E-state index is 0.0370. The fraction of sp³-hybridized carbons (Fsp3) is 0.429. The molecule has 13 heavy (non-hydrogen) atoms. The summed E-state index contributed by atoms with van der Waals surface area (Å²) in [7, 11) is 0. The van der Waals surface area contributed by atoms with Gasteiger partial charge in [-0.05, 0) is 6.07 Å². The molecule has 0 bridgehead atoms. The van der Waals surface area contributed by atoms with Crippen molar-refractivity contribution in [1.82, 2.24) is 10.2 Å². The van der Waals surface area contributed by atoms with Gasteiger partial charge in [-0.3, -0.25) is 9.89 Å². The third-order valence-corrected chi connectivity index (χ3v) is 2.31. The number of nitrogens with one attached hydrogen (secondary N) is 1. The number of carbonyl (C=O) groups is 1. The molecule has 1 unspecified atom stereocenters. The fourth-order valence-electron chi connectivity index (χ4n) is 1.42. The molecule has 0 radical (unpaired) electrons. The van der Waals surface area contributed by atoms with Crippen molar-refractivity contribution in [3.8, 4) is 0 Å². The van der Waals surface area contributed by atoms with Gasteiger partial charge in [-0.2, -0.15) is 5.10 Å². The molecule has 4 nitrogen and oxygen atoms in total. The van der Waals surface area contributed by atoms with Crippen molar-refractivity contribution >= 4 is 5.97 Å². The average molecular weight is 188 g/mol. The molecular weight excluding hydrogens is 182 g/mol. The molecule has 6 heteroatoms. The summed E-state index contributed by atoms with van der Waals surface area (Å²) >= 11 is 0. The van der Waals surface area contributed by atoms with Gasteiger partial charge in [0.2, 0.25) is 0 Å². The number of aromatic amines is 1. The summed E-state index contributed by atoms with van der Waals surface area (Å²) in [4.78, 5) is 10.7. The van der Waals surface area contributed by atoms with Crippen LogP contribution in [-0.4, -0.2) is 27.2 Å². The summed E-state index contributed by atoms with van der Waals surface area (Å²) < 4.78 is 25.7. The summed E-state index contributed by atoms with van der Waals surface area (Å²) in [6.07, 6.45) is 0.603. The quantitative estimate of drug-likeness (QED) is 0.720. The molecule has 1 saturated carbocycles. The molecule has 0 aliphatic heterocycles. The number of carboxylic acids is 1. The average Bonchev–Trinajstić information content (AvgIpc) is 2.52. The lowest BCUT2D eigenvalue weighted by Gasteiger charge is -2.07. The molecule has 1 aliphatic rings. The zero-order valence-electron chi connectivity index (χ0n) is 6.42. The van der Waals surface area contributed by atoms with Gasteiger partial charge < -0.3 is 5.11 Å². The Kier molecular flexibility index (Phi) is 1.30. The molecule has 1 fully saturated rings. The number of aromatic nitrogens is 2. The molecule has 1 aliphatic carbocycles. The van der Waals surface area contributed by atoms with Crippen LogP contribution in [0.15, 0.2) is 12.3 Å². The maximum absolute atomic E-state index is 12.8. The van der Waals surface area contributed by atoms with Crippen LogP contribution < -0.4 is 0 Å². The van der Waals surface area contributed by atoms with E-state index in [0.717, 1.165) is 0 Å². The highest BCUT2D eigenvalue weighted by atomic mass is 19.3. The topological polar surface area (TPSA) is 66.0 Å². The smallest absolute Gasteiger partial charge is 0.322 e. The lowest BCUT2D eigenvalue weighted by Crippen LogP contribution is -2.27. The molecule has 1 heterocycles. The minimum atomic E-state index is -3.16. The lowest BCUT2D eigenvalue weighted by atomic mass is 10.0. The van der Waals surface area contributed by atoms with Gasteiger partial charge in [-0.1, -0.05) is 0 Å². The van der Waals surface area contributed by atoms with Gasteiger partial charge in [-0.25, -0.2) is 8.78 Å². The zero-order chi connectivity index (χ0) is 9.69. The number of nitrogens with zero attached hydrogens (tertiary/aromatic N) is 1. The van der Waals surface area contributed by atoms with Crippen LogP contribution in [-0.2, 0) is 10.2 Å². The number of H-pyrrole nitrogens is 1. The zero-order valence-corrected chi connectivity index (χ0v) is 6.42. The van der Waals surface area contributed by atoms with E-state index in [0.29, 0.717) is 0 Å². The molecule has 1 aromatic heterocycles. The third-order valence-electron chi connectivity index (χ3n) is 2.31. The Labute approximate surface area is 71.6 Å². The van der Waals surface area contributed by atoms with Gasteiger partial charge in [-0.15, -0.1) is 0 Å². The highest BCUT2D eigenvalue weighted by molar-refractivity contribution is 5.87. The van der Waals surface area contributed by atoms with Crippen LogP contribution in [0.5, 0.6) is 0 Å². The number of carboxylic acid groups (broad SMARTS) is 1. The molecule has 1 aromatic rings. The van der Waals surface area contributed by atoms with E-state index < -0.39 is 23.7 Å². The van der Waals surface area contributed by atoms with E-state index in [1.54, 1.807) is 0 Å². The van der Waals surface area contributed by atoms with Crippen molar-refractivity contribution in [3.63, 3.8) is 0 Å². The maximum atomic E-state index is 12.8. The number of rotatable bonds is 2. The Morgan fingerprint density at radius 2 is 2.31 bits per heavy atom. The van der Waals surface area contributed by atoms with Gasteiger partial charge in [0, 0.05) is 12.6 Å². The van der Waals surface area contributed by atoms with Crippen LogP contribution in [0.25, 0.3) is 0 Å². The number of hydrogen-bond donors (Lipinski definition) is 2. The highest BCUT2D eigenvalue weighted by Gasteiger charge is 2.78. The van der Waals surface area contributed by atoms with Gasteiger partial charge in [0.1, 0.15) is 0 Å². The number of hydrogen-bond acceptors (Lipinski definition) is 2. The van der Waals surface area contributed by atoms with Crippen molar-refractivity contribution in [2.24, 2.45) is 0 Å². The largest absolute Gasteiger partial charge is 0.480 e. The van der Waals surface area contributed by atoms with Crippen molar-refractivity contribution in [2.75, 3.05) is 0 Å². The monoisotopic (exact) mass is 188 g/mol. The molecule has 2 N–H and O–H groups in total. The lowest BCUT2D eigenvalue weighted by molar-refractivity contribution is -0.143. The molecule has 0 aromatic carbocycles. The van der Waals surface area contributed by atoms with Crippen molar-refractivity contribution in [1.29, 1.82) is 0 Å². The second-order valence-electron chi connectivity index (χ2n) is 3.06. The van der Waals surface area contributed by atoms with E-state index in [9.17, 15) is 13.6 Å². The van der Waals surface area contributed by atoms with Crippen molar-refractivity contribution in [2.45, 2.75) is 17.8 Å². The Morgan fingerprint density at radius 3 is 2.62 bits per heavy atom. The Hall–Kier alpha value is -1.46. The van der Waals surface area contributed by atoms with Crippen LogP contribution in [0.1, 0.15) is 12.1 Å². The number of alkyl halides is 2. The van der Waals surface area contributed by atoms with Crippen LogP contribution in [0, 0.1) is 0 Å². The second-order valence-corrected chi connectivity index (χ2v) is 3.06. The molecular formula is C7H6F2N2O2. The van der Waals surface area contributed by atoms with Crippen molar-refractivity contribution < 1.29 is 18.7 Å². The number of halogens is 2. The first kappa shape index (κ1) is 8.15. The second kappa shape index (κ2) is 2.07. The SMILES string of the molecule is O=C(O)C1(c2ccn[nH]2)CC1(F)F. The first-order chi connectivity index (χ1) is 6.01.